The average molecular weight is 373 g/mol. The van der Waals surface area contributed by atoms with Crippen LogP contribution in [-0.2, 0) is 16.6 Å². The standard InChI is InChI=1S/C18H19N3O4S/c1-3-12(2)20-26(24,25)14-8-6-13(7-9-14)11-21-17(22)15-5-4-10-19-16(15)18(21)23/h4-10,12,20H,3,11H2,1-2H3. The van der Waals surface area contributed by atoms with Crippen molar-refractivity contribution in [2.45, 2.75) is 37.8 Å². The van der Waals surface area contributed by atoms with E-state index in [0.717, 1.165) is 4.90 Å². The first-order chi connectivity index (χ1) is 12.3. The molecule has 1 aromatic carbocycles. The predicted octanol–water partition coefficient (Wildman–Crippen LogP) is 1.95. The lowest BCUT2D eigenvalue weighted by Crippen LogP contribution is -2.32. The molecule has 1 aromatic heterocycles. The maximum atomic E-state index is 12.4. The molecule has 1 unspecified atom stereocenters. The van der Waals surface area contributed by atoms with Crippen LogP contribution in [0.25, 0.3) is 0 Å². The third-order valence-corrected chi connectivity index (χ3v) is 5.88. The maximum Gasteiger partial charge on any atom is 0.280 e. The molecule has 0 saturated carbocycles. The molecule has 136 valence electrons. The zero-order valence-corrected chi connectivity index (χ0v) is 15.3. The summed E-state index contributed by atoms with van der Waals surface area (Å²) in [6.07, 6.45) is 2.16. The van der Waals surface area contributed by atoms with Crippen molar-refractivity contribution < 1.29 is 18.0 Å². The maximum absolute atomic E-state index is 12.4. The van der Waals surface area contributed by atoms with Crippen LogP contribution in [0.1, 0.15) is 46.7 Å². The summed E-state index contributed by atoms with van der Waals surface area (Å²) in [5.41, 5.74) is 1.09. The first-order valence-electron chi connectivity index (χ1n) is 8.26. The van der Waals surface area contributed by atoms with E-state index in [1.54, 1.807) is 31.2 Å². The van der Waals surface area contributed by atoms with Gasteiger partial charge in [-0.25, -0.2) is 13.1 Å². The summed E-state index contributed by atoms with van der Waals surface area (Å²) in [7, 11) is -3.59. The van der Waals surface area contributed by atoms with Crippen LogP contribution in [0, 0.1) is 0 Å². The van der Waals surface area contributed by atoms with Crippen LogP contribution in [0.4, 0.5) is 0 Å². The molecule has 1 aliphatic heterocycles. The van der Waals surface area contributed by atoms with Crippen LogP contribution >= 0.6 is 0 Å². The van der Waals surface area contributed by atoms with Crippen molar-refractivity contribution in [1.29, 1.82) is 0 Å². The van der Waals surface area contributed by atoms with Gasteiger partial charge in [0.2, 0.25) is 10.0 Å². The summed E-state index contributed by atoms with van der Waals surface area (Å²) in [5, 5.41) is 0. The Balaban J connectivity index is 1.77. The van der Waals surface area contributed by atoms with Gasteiger partial charge in [0, 0.05) is 12.2 Å². The molecule has 3 rings (SSSR count). The second-order valence-corrected chi connectivity index (χ2v) is 7.88. The highest BCUT2D eigenvalue weighted by atomic mass is 32.2. The van der Waals surface area contributed by atoms with Crippen molar-refractivity contribution in [2.24, 2.45) is 0 Å². The number of amides is 2. The Kier molecular flexibility index (Phi) is 4.88. The highest BCUT2D eigenvalue weighted by Crippen LogP contribution is 2.23. The number of hydrogen-bond donors (Lipinski definition) is 1. The van der Waals surface area contributed by atoms with Crippen molar-refractivity contribution in [3.8, 4) is 0 Å². The van der Waals surface area contributed by atoms with Gasteiger partial charge in [-0.1, -0.05) is 19.1 Å². The lowest BCUT2D eigenvalue weighted by molar-refractivity contribution is 0.0640. The number of carbonyl (C=O) groups excluding carboxylic acids is 2. The molecule has 0 radical (unpaired) electrons. The third kappa shape index (κ3) is 3.38. The topological polar surface area (TPSA) is 96.4 Å². The Morgan fingerprint density at radius 2 is 1.81 bits per heavy atom. The Morgan fingerprint density at radius 3 is 2.42 bits per heavy atom. The van der Waals surface area contributed by atoms with Gasteiger partial charge in [0.1, 0.15) is 5.69 Å². The molecule has 8 heteroatoms. The van der Waals surface area contributed by atoms with Gasteiger partial charge in [-0.2, -0.15) is 0 Å². The molecule has 0 bridgehead atoms. The number of rotatable bonds is 6. The van der Waals surface area contributed by atoms with E-state index in [4.69, 9.17) is 0 Å². The van der Waals surface area contributed by atoms with Crippen molar-refractivity contribution >= 4 is 21.8 Å². The summed E-state index contributed by atoms with van der Waals surface area (Å²) in [6, 6.07) is 9.15. The van der Waals surface area contributed by atoms with Crippen molar-refractivity contribution in [2.75, 3.05) is 0 Å². The van der Waals surface area contributed by atoms with Crippen LogP contribution in [0.3, 0.4) is 0 Å². The molecule has 7 nitrogen and oxygen atoms in total. The quantitative estimate of drug-likeness (QED) is 0.781. The number of sulfonamides is 1. The Hall–Kier alpha value is -2.58. The van der Waals surface area contributed by atoms with E-state index in [9.17, 15) is 18.0 Å². The predicted molar refractivity (Wildman–Crippen MR) is 95.0 cm³/mol. The molecule has 26 heavy (non-hydrogen) atoms. The number of carbonyl (C=O) groups is 2. The van der Waals surface area contributed by atoms with Crippen molar-refractivity contribution in [1.82, 2.24) is 14.6 Å². The van der Waals surface area contributed by atoms with Crippen molar-refractivity contribution in [3.63, 3.8) is 0 Å². The first-order valence-corrected chi connectivity index (χ1v) is 9.74. The minimum absolute atomic E-state index is 0.0626. The van der Waals surface area contributed by atoms with Gasteiger partial charge in [-0.05, 0) is 43.2 Å². The largest absolute Gasteiger partial charge is 0.280 e. The molecule has 0 aliphatic carbocycles. The summed E-state index contributed by atoms with van der Waals surface area (Å²) in [5.74, 6) is -0.839. The zero-order chi connectivity index (χ0) is 18.9. The van der Waals surface area contributed by atoms with Crippen LogP contribution in [0.5, 0.6) is 0 Å². The first kappa shape index (κ1) is 18.2. The van der Waals surface area contributed by atoms with Gasteiger partial charge in [0.05, 0.1) is 17.0 Å². The molecule has 0 spiro atoms. The van der Waals surface area contributed by atoms with Crippen LogP contribution in [0.2, 0.25) is 0 Å². The van der Waals surface area contributed by atoms with Gasteiger partial charge in [-0.3, -0.25) is 19.5 Å². The number of nitrogens with one attached hydrogen (secondary N) is 1. The monoisotopic (exact) mass is 373 g/mol. The van der Waals surface area contributed by atoms with Crippen LogP contribution < -0.4 is 4.72 Å². The number of nitrogens with zero attached hydrogens (tertiary/aromatic N) is 2. The molecular weight excluding hydrogens is 354 g/mol. The van der Waals surface area contributed by atoms with E-state index in [1.807, 2.05) is 6.92 Å². The smallest absolute Gasteiger partial charge is 0.268 e. The van der Waals surface area contributed by atoms with Crippen molar-refractivity contribution in [3.05, 3.63) is 59.4 Å². The molecule has 2 aromatic rings. The lowest BCUT2D eigenvalue weighted by atomic mass is 10.2. The average Bonchev–Trinajstić information content (AvgIpc) is 2.87. The minimum Gasteiger partial charge on any atom is -0.268 e. The molecular formula is C18H19N3O4S. The van der Waals surface area contributed by atoms with Crippen LogP contribution in [-0.4, -0.2) is 36.2 Å². The normalized spacial score (nSPS) is 15.2. The number of imide groups is 1. The van der Waals surface area contributed by atoms with Gasteiger partial charge in [0.25, 0.3) is 11.8 Å². The highest BCUT2D eigenvalue weighted by molar-refractivity contribution is 7.89. The minimum atomic E-state index is -3.59. The fourth-order valence-corrected chi connectivity index (χ4v) is 3.96. The number of aromatic nitrogens is 1. The number of pyridine rings is 1. The molecule has 2 heterocycles. The van der Waals surface area contributed by atoms with E-state index < -0.39 is 21.8 Å². The third-order valence-electron chi connectivity index (χ3n) is 4.27. The summed E-state index contributed by atoms with van der Waals surface area (Å²) >= 11 is 0. The van der Waals surface area contributed by atoms with Gasteiger partial charge in [-0.15, -0.1) is 0 Å². The molecule has 1 N–H and O–H groups in total. The van der Waals surface area contributed by atoms with E-state index >= 15 is 0 Å². The zero-order valence-electron chi connectivity index (χ0n) is 14.5. The fourth-order valence-electron chi connectivity index (χ4n) is 2.63. The van der Waals surface area contributed by atoms with E-state index in [-0.39, 0.29) is 28.7 Å². The fraction of sp³-hybridized carbons (Fsp3) is 0.278. The van der Waals surface area contributed by atoms with Gasteiger partial charge in [0.15, 0.2) is 0 Å². The molecule has 0 saturated heterocycles. The van der Waals surface area contributed by atoms with Gasteiger partial charge < -0.3 is 0 Å². The second-order valence-electron chi connectivity index (χ2n) is 6.17. The molecule has 1 aliphatic rings. The molecule has 2 amide bonds. The molecule has 1 atom stereocenters. The van der Waals surface area contributed by atoms with E-state index in [2.05, 4.69) is 9.71 Å². The second kappa shape index (κ2) is 6.97. The summed E-state index contributed by atoms with van der Waals surface area (Å²) in [6.45, 7) is 3.75. The number of benzene rings is 1. The number of fused-ring (bicyclic) bond motifs is 1. The summed E-state index contributed by atoms with van der Waals surface area (Å²) in [4.78, 5) is 29.9. The highest BCUT2D eigenvalue weighted by Gasteiger charge is 2.36. The Morgan fingerprint density at radius 1 is 1.12 bits per heavy atom. The van der Waals surface area contributed by atoms with E-state index in [0.29, 0.717) is 12.0 Å². The summed E-state index contributed by atoms with van der Waals surface area (Å²) < 4.78 is 27.1. The van der Waals surface area contributed by atoms with Gasteiger partial charge >= 0.3 is 0 Å². The van der Waals surface area contributed by atoms with Crippen LogP contribution in [0.15, 0.2) is 47.5 Å². The SMILES string of the molecule is CCC(C)NS(=O)(=O)c1ccc(CN2C(=O)c3cccnc3C2=O)cc1. The molecule has 0 fully saturated rings. The van der Waals surface area contributed by atoms with E-state index in [1.165, 1.54) is 18.3 Å². The Labute approximate surface area is 152 Å². The Bertz CT molecular complexity index is 920. The lowest BCUT2D eigenvalue weighted by Gasteiger charge is -2.15. The number of hydrogen-bond acceptors (Lipinski definition) is 5.